The average Bonchev–Trinajstić information content (AvgIpc) is 0.898. The Labute approximate surface area is 679 Å². The van der Waals surface area contributed by atoms with Gasteiger partial charge in [0.25, 0.3) is 0 Å². The van der Waals surface area contributed by atoms with Crippen LogP contribution < -0.4 is 0 Å². The molecule has 5 unspecified atom stereocenters. The predicted octanol–water partition coefficient (Wildman–Crippen LogP) is 25.9. The molecule has 0 rings (SSSR count). The van der Waals surface area contributed by atoms with Crippen LogP contribution in [0.1, 0.15) is 323 Å². The molecule has 0 fully saturated rings. The first kappa shape index (κ1) is 106. The number of rotatable bonds is 79. The van der Waals surface area contributed by atoms with Crippen LogP contribution in [0.15, 0.2) is 182 Å². The Morgan fingerprint density at radius 3 is 0.723 bits per heavy atom. The van der Waals surface area contributed by atoms with Crippen LogP contribution in [-0.2, 0) is 65.4 Å². The van der Waals surface area contributed by atoms with Crippen molar-refractivity contribution < 1.29 is 80.2 Å². The van der Waals surface area contributed by atoms with Crippen LogP contribution in [-0.4, -0.2) is 96.7 Å². The molecule has 0 saturated heterocycles. The first-order valence-electron chi connectivity index (χ1n) is 43.0. The largest absolute Gasteiger partial charge is 0.472 e. The van der Waals surface area contributed by atoms with Crippen LogP contribution in [0.4, 0.5) is 0 Å². The smallest absolute Gasteiger partial charge is 0.462 e. The maximum absolute atomic E-state index is 13.2. The molecule has 17 nitrogen and oxygen atoms in total. The van der Waals surface area contributed by atoms with E-state index in [1.54, 1.807) is 0 Å². The molecule has 5 atom stereocenters. The number of ether oxygens (including phenoxy) is 4. The fourth-order valence-electron chi connectivity index (χ4n) is 10.9. The van der Waals surface area contributed by atoms with Gasteiger partial charge in [-0.25, -0.2) is 9.13 Å². The number of aliphatic hydroxyl groups is 1. The lowest BCUT2D eigenvalue weighted by Gasteiger charge is -2.21. The molecule has 0 aromatic rings. The molecule has 636 valence electrons. The lowest BCUT2D eigenvalue weighted by atomic mass is 10.1. The minimum atomic E-state index is -5.01. The maximum atomic E-state index is 13.2. The number of esters is 4. The Morgan fingerprint density at radius 2 is 0.464 bits per heavy atom. The summed E-state index contributed by atoms with van der Waals surface area (Å²) in [6, 6.07) is 0. The summed E-state index contributed by atoms with van der Waals surface area (Å²) in [6.45, 7) is 4.43. The first-order chi connectivity index (χ1) is 54.7. The Kier molecular flexibility index (Phi) is 78.8. The lowest BCUT2D eigenvalue weighted by molar-refractivity contribution is -0.161. The van der Waals surface area contributed by atoms with Gasteiger partial charge in [0.2, 0.25) is 0 Å². The normalized spacial score (nSPS) is 14.7. The highest BCUT2D eigenvalue weighted by Gasteiger charge is 2.30. The SMILES string of the molecule is CC/C=C\C/C=C\C/C=C\C/C=C\C/C=C\CCCCCC(=O)OCC(COP(=O)(O)OCC(O)COP(=O)(O)OCC(COC(=O)CCCCCC/C=C\C/C=C\C/C=C\C/C=C\CC)OC(=O)CCCCCCCCC/C=C\C/C=C\C/C=C\CC)OC(=O)CCCCCCCC/C=C\C/C=C\C/C=C\CCCCC. The van der Waals surface area contributed by atoms with E-state index in [4.69, 9.17) is 37.0 Å². The van der Waals surface area contributed by atoms with Crippen molar-refractivity contribution in [3.05, 3.63) is 182 Å². The van der Waals surface area contributed by atoms with Crippen molar-refractivity contribution in [2.45, 2.75) is 341 Å². The molecular weight excluding hydrogens is 1450 g/mol. The van der Waals surface area contributed by atoms with Crippen LogP contribution in [0.25, 0.3) is 0 Å². The highest BCUT2D eigenvalue weighted by atomic mass is 31.2. The second kappa shape index (κ2) is 83.1. The van der Waals surface area contributed by atoms with E-state index in [2.05, 4.69) is 210 Å². The second-order valence-corrected chi connectivity index (χ2v) is 30.9. The minimum Gasteiger partial charge on any atom is -0.462 e. The molecule has 0 heterocycles. The summed E-state index contributed by atoms with van der Waals surface area (Å²) >= 11 is 0. The highest BCUT2D eigenvalue weighted by molar-refractivity contribution is 7.47. The summed E-state index contributed by atoms with van der Waals surface area (Å²) < 4.78 is 68.8. The third-order valence-corrected chi connectivity index (χ3v) is 19.2. The zero-order valence-electron chi connectivity index (χ0n) is 69.8. The zero-order chi connectivity index (χ0) is 81.7. The number of phosphoric acid groups is 2. The summed E-state index contributed by atoms with van der Waals surface area (Å²) in [6.07, 6.45) is 101. The van der Waals surface area contributed by atoms with Gasteiger partial charge < -0.3 is 33.8 Å². The van der Waals surface area contributed by atoms with E-state index in [0.29, 0.717) is 25.7 Å². The summed E-state index contributed by atoms with van der Waals surface area (Å²) in [7, 11) is -10.0. The summed E-state index contributed by atoms with van der Waals surface area (Å²) in [5.41, 5.74) is 0. The molecular formula is C93H152O17P2. The van der Waals surface area contributed by atoms with Crippen molar-refractivity contribution in [2.24, 2.45) is 0 Å². The fourth-order valence-corrected chi connectivity index (χ4v) is 12.5. The molecule has 0 bridgehead atoms. The number of phosphoric ester groups is 2. The Balaban J connectivity index is 5.48. The van der Waals surface area contributed by atoms with Crippen molar-refractivity contribution in [1.82, 2.24) is 0 Å². The highest BCUT2D eigenvalue weighted by Crippen LogP contribution is 2.45. The van der Waals surface area contributed by atoms with E-state index in [1.165, 1.54) is 19.3 Å². The standard InChI is InChI=1S/C93H152O17P2/c1-5-9-13-17-21-25-29-33-37-41-43-47-50-54-58-62-66-70-74-78-91(96)104-84-89(110-93(98)80-76-72-68-64-60-56-52-48-44-42-38-34-30-26-22-18-14-10-6-2)86-108-112(101,102)106-82-87(94)81-105-111(99,100)107-85-88(109-92(97)79-75-71-67-63-59-55-51-46-40-36-32-28-24-20-16-12-8-4)83-103-90(95)77-73-69-65-61-57-53-49-45-39-35-31-27-23-19-15-11-7-3/h9,11-13,15-16,21-28,33-40,43-44,47-49,53-54,58,87-89,94H,5-8,10,14,17-20,29-32,41-42,45-46,50-52,55-57,59-86H2,1-4H3,(H,99,100)(H,101,102)/b13-9-,15-11-,16-12-,25-21-,26-22-,27-23-,28-24-,37-33-,38-34-,39-35-,40-36-,47-43-,48-44-,53-49-,58-54-. The number of aliphatic hydroxyl groups excluding tert-OH is 1. The van der Waals surface area contributed by atoms with Gasteiger partial charge in [-0.2, -0.15) is 0 Å². The van der Waals surface area contributed by atoms with Gasteiger partial charge >= 0.3 is 39.5 Å². The van der Waals surface area contributed by atoms with Gasteiger partial charge in [0.15, 0.2) is 12.2 Å². The quantitative estimate of drug-likeness (QED) is 0.0169. The molecule has 112 heavy (non-hydrogen) atoms. The van der Waals surface area contributed by atoms with E-state index in [1.807, 2.05) is 0 Å². The van der Waals surface area contributed by atoms with Crippen LogP contribution in [0.2, 0.25) is 0 Å². The van der Waals surface area contributed by atoms with Crippen molar-refractivity contribution in [2.75, 3.05) is 39.6 Å². The van der Waals surface area contributed by atoms with Crippen molar-refractivity contribution >= 4 is 39.5 Å². The molecule has 19 heteroatoms. The topological polar surface area (TPSA) is 237 Å². The molecule has 0 aliphatic carbocycles. The number of hydrogen-bond donors (Lipinski definition) is 3. The average molecular weight is 1600 g/mol. The predicted molar refractivity (Wildman–Crippen MR) is 463 cm³/mol. The Hall–Kier alpha value is -5.84. The second-order valence-electron chi connectivity index (χ2n) is 28.0. The number of carbonyl (C=O) groups is 4. The summed E-state index contributed by atoms with van der Waals surface area (Å²) in [5.74, 6) is -2.27. The maximum Gasteiger partial charge on any atom is 0.472 e. The number of carbonyl (C=O) groups excluding carboxylic acids is 4. The van der Waals surface area contributed by atoms with E-state index in [-0.39, 0.29) is 25.7 Å². The third kappa shape index (κ3) is 82.2. The van der Waals surface area contributed by atoms with Crippen molar-refractivity contribution in [3.63, 3.8) is 0 Å². The van der Waals surface area contributed by atoms with Gasteiger partial charge in [-0.3, -0.25) is 37.3 Å². The lowest BCUT2D eigenvalue weighted by Crippen LogP contribution is -2.30. The van der Waals surface area contributed by atoms with E-state index < -0.39 is 97.5 Å². The molecule has 3 N–H and O–H groups in total. The first-order valence-corrected chi connectivity index (χ1v) is 46.0. The van der Waals surface area contributed by atoms with Crippen LogP contribution in [0, 0.1) is 0 Å². The van der Waals surface area contributed by atoms with Crippen LogP contribution >= 0.6 is 15.6 Å². The third-order valence-electron chi connectivity index (χ3n) is 17.3. The van der Waals surface area contributed by atoms with Gasteiger partial charge in [-0.1, -0.05) is 300 Å². The van der Waals surface area contributed by atoms with Gasteiger partial charge in [-0.05, 0) is 180 Å². The Morgan fingerprint density at radius 1 is 0.259 bits per heavy atom. The van der Waals surface area contributed by atoms with Crippen LogP contribution in [0.3, 0.4) is 0 Å². The fraction of sp³-hybridized carbons (Fsp3) is 0.634. The molecule has 0 spiro atoms. The number of hydrogen-bond acceptors (Lipinski definition) is 15. The summed E-state index contributed by atoms with van der Waals surface area (Å²) in [5, 5.41) is 10.7. The molecule has 0 aromatic heterocycles. The molecule has 0 aliphatic rings. The number of allylic oxidation sites excluding steroid dienone is 30. The van der Waals surface area contributed by atoms with Gasteiger partial charge in [0.05, 0.1) is 26.4 Å². The van der Waals surface area contributed by atoms with Gasteiger partial charge in [-0.15, -0.1) is 0 Å². The molecule has 0 aliphatic heterocycles. The van der Waals surface area contributed by atoms with Gasteiger partial charge in [0.1, 0.15) is 19.3 Å². The van der Waals surface area contributed by atoms with E-state index in [9.17, 15) is 43.2 Å². The van der Waals surface area contributed by atoms with Crippen molar-refractivity contribution in [3.8, 4) is 0 Å². The molecule has 0 saturated carbocycles. The summed E-state index contributed by atoms with van der Waals surface area (Å²) in [4.78, 5) is 73.3. The molecule has 0 amide bonds. The molecule has 0 aromatic carbocycles. The van der Waals surface area contributed by atoms with Gasteiger partial charge in [0, 0.05) is 25.7 Å². The van der Waals surface area contributed by atoms with E-state index >= 15 is 0 Å². The zero-order valence-corrected chi connectivity index (χ0v) is 71.6. The monoisotopic (exact) mass is 1600 g/mol. The van der Waals surface area contributed by atoms with Crippen LogP contribution in [0.5, 0.6) is 0 Å². The molecule has 0 radical (unpaired) electrons. The number of unbranched alkanes of at least 4 members (excludes halogenated alkanes) is 23. The van der Waals surface area contributed by atoms with E-state index in [0.717, 1.165) is 225 Å². The minimum absolute atomic E-state index is 0.0657. The van der Waals surface area contributed by atoms with Crippen molar-refractivity contribution in [1.29, 1.82) is 0 Å². The Bertz CT molecular complexity index is 2840.